The van der Waals surface area contributed by atoms with E-state index in [-0.39, 0.29) is 29.3 Å². The van der Waals surface area contributed by atoms with Gasteiger partial charge >= 0.3 is 0 Å². The van der Waals surface area contributed by atoms with Crippen molar-refractivity contribution in [2.75, 3.05) is 6.61 Å². The zero-order valence-electron chi connectivity index (χ0n) is 14.6. The van der Waals surface area contributed by atoms with Crippen LogP contribution >= 0.6 is 0 Å². The van der Waals surface area contributed by atoms with Gasteiger partial charge in [0, 0.05) is 24.4 Å². The lowest BCUT2D eigenvalue weighted by atomic mass is 9.81. The van der Waals surface area contributed by atoms with Crippen molar-refractivity contribution < 1.29 is 19.5 Å². The van der Waals surface area contributed by atoms with Crippen molar-refractivity contribution in [3.8, 4) is 0 Å². The maximum atomic E-state index is 12.5. The molecule has 26 heavy (non-hydrogen) atoms. The van der Waals surface area contributed by atoms with Crippen LogP contribution in [-0.2, 0) is 9.59 Å². The molecule has 1 aromatic rings. The summed E-state index contributed by atoms with van der Waals surface area (Å²) in [7, 11) is 0. The molecular weight excluding hydrogens is 338 g/mol. The van der Waals surface area contributed by atoms with Crippen molar-refractivity contribution in [1.29, 1.82) is 0 Å². The van der Waals surface area contributed by atoms with Gasteiger partial charge in [0.15, 0.2) is 5.78 Å². The number of ketones is 1. The Balaban J connectivity index is 1.84. The third-order valence-electron chi connectivity index (χ3n) is 4.30. The van der Waals surface area contributed by atoms with Crippen LogP contribution in [-0.4, -0.2) is 57.4 Å². The van der Waals surface area contributed by atoms with Gasteiger partial charge in [-0.3, -0.25) is 19.4 Å². The molecule has 0 bridgehead atoms. The van der Waals surface area contributed by atoms with E-state index < -0.39 is 24.6 Å². The van der Waals surface area contributed by atoms with Gasteiger partial charge in [0.05, 0.1) is 18.8 Å². The highest BCUT2D eigenvalue weighted by Crippen LogP contribution is 2.25. The van der Waals surface area contributed by atoms with Crippen LogP contribution < -0.4 is 16.4 Å². The molecule has 1 heterocycles. The van der Waals surface area contributed by atoms with Gasteiger partial charge in [0.2, 0.25) is 5.91 Å². The van der Waals surface area contributed by atoms with Crippen LogP contribution in [0.15, 0.2) is 18.6 Å². The lowest BCUT2D eigenvalue weighted by Crippen LogP contribution is -2.51. The number of Topliss-reactive ketones (excluding diaryl/α,β-unsaturated/α-hetero) is 1. The van der Waals surface area contributed by atoms with Crippen molar-refractivity contribution in [3.05, 3.63) is 30.7 Å². The van der Waals surface area contributed by atoms with E-state index in [0.717, 1.165) is 0 Å². The van der Waals surface area contributed by atoms with Crippen LogP contribution in [0, 0.1) is 12.3 Å². The van der Waals surface area contributed by atoms with Crippen LogP contribution in [0.2, 0.25) is 0 Å². The molecule has 1 saturated carbocycles. The van der Waals surface area contributed by atoms with E-state index in [1.165, 1.54) is 25.5 Å². The van der Waals surface area contributed by atoms with Crippen LogP contribution in [0.4, 0.5) is 0 Å². The molecule has 1 radical (unpaired) electrons. The Kier molecular flexibility index (Phi) is 7.16. The Hall–Kier alpha value is -2.39. The number of hydrogen-bond acceptors (Lipinski definition) is 7. The average molecular weight is 362 g/mol. The van der Waals surface area contributed by atoms with Crippen LogP contribution in [0.5, 0.6) is 0 Å². The summed E-state index contributed by atoms with van der Waals surface area (Å²) >= 11 is 0. The highest BCUT2D eigenvalue weighted by atomic mass is 16.3. The number of nitrogens with one attached hydrogen (secondary N) is 2. The molecule has 141 valence electrons. The summed E-state index contributed by atoms with van der Waals surface area (Å²) in [6.07, 6.45) is 7.77. The zero-order valence-corrected chi connectivity index (χ0v) is 14.6. The highest BCUT2D eigenvalue weighted by molar-refractivity contribution is 5.93. The second-order valence-electron chi connectivity index (χ2n) is 6.35. The molecule has 9 heteroatoms. The average Bonchev–Trinajstić information content (AvgIpc) is 2.66. The van der Waals surface area contributed by atoms with Crippen molar-refractivity contribution in [2.45, 2.75) is 44.3 Å². The fourth-order valence-electron chi connectivity index (χ4n) is 2.79. The quantitative estimate of drug-likeness (QED) is 0.485. The monoisotopic (exact) mass is 362 g/mol. The number of aromatic nitrogens is 2. The molecule has 1 fully saturated rings. The van der Waals surface area contributed by atoms with Gasteiger partial charge in [0.25, 0.3) is 5.91 Å². The van der Waals surface area contributed by atoms with E-state index in [2.05, 4.69) is 20.6 Å². The minimum Gasteiger partial charge on any atom is -0.394 e. The molecule has 9 nitrogen and oxygen atoms in total. The Labute approximate surface area is 151 Å². The summed E-state index contributed by atoms with van der Waals surface area (Å²) in [4.78, 5) is 44.0. The zero-order chi connectivity index (χ0) is 19.1. The lowest BCUT2D eigenvalue weighted by Gasteiger charge is -2.30. The van der Waals surface area contributed by atoms with E-state index >= 15 is 0 Å². The predicted molar refractivity (Wildman–Crippen MR) is 92.6 cm³/mol. The number of rotatable bonds is 7. The summed E-state index contributed by atoms with van der Waals surface area (Å²) < 4.78 is 0. The molecule has 1 aliphatic rings. The number of nitrogens with two attached hydrogens (primary N) is 1. The third kappa shape index (κ3) is 5.30. The molecule has 1 aromatic heterocycles. The van der Waals surface area contributed by atoms with Gasteiger partial charge in [-0.05, 0) is 32.6 Å². The normalized spacial score (nSPS) is 22.1. The number of aliphatic hydroxyl groups excluding tert-OH is 1. The van der Waals surface area contributed by atoms with Crippen LogP contribution in [0.1, 0.15) is 36.7 Å². The molecule has 0 spiro atoms. The second-order valence-corrected chi connectivity index (χ2v) is 6.35. The molecule has 2 unspecified atom stereocenters. The van der Waals surface area contributed by atoms with Gasteiger partial charge in [-0.15, -0.1) is 0 Å². The Morgan fingerprint density at radius 3 is 2.65 bits per heavy atom. The number of carbonyl (C=O) groups excluding carboxylic acids is 3. The largest absolute Gasteiger partial charge is 0.394 e. The van der Waals surface area contributed by atoms with Gasteiger partial charge in [-0.2, -0.15) is 0 Å². The first-order chi connectivity index (χ1) is 12.4. The smallest absolute Gasteiger partial charge is 0.271 e. The molecule has 0 aromatic carbocycles. The third-order valence-corrected chi connectivity index (χ3v) is 4.30. The Bertz CT molecular complexity index is 629. The molecular formula is C17H24N5O4. The Morgan fingerprint density at radius 1 is 1.35 bits per heavy atom. The molecule has 0 saturated heterocycles. The predicted octanol–water partition coefficient (Wildman–Crippen LogP) is -1.03. The number of amides is 2. The van der Waals surface area contributed by atoms with E-state index in [1.54, 1.807) is 0 Å². The van der Waals surface area contributed by atoms with Crippen molar-refractivity contribution in [2.24, 2.45) is 11.7 Å². The summed E-state index contributed by atoms with van der Waals surface area (Å²) in [5, 5.41) is 14.7. The van der Waals surface area contributed by atoms with E-state index in [1.807, 2.05) is 6.42 Å². The van der Waals surface area contributed by atoms with E-state index in [9.17, 15) is 19.5 Å². The summed E-state index contributed by atoms with van der Waals surface area (Å²) in [6.45, 7) is 1.04. The van der Waals surface area contributed by atoms with Crippen molar-refractivity contribution in [1.82, 2.24) is 20.6 Å². The SMILES string of the molecule is C[C@H](N)C(=O)N[C@@H](CO)C(=O)C1C[CH]C(NC(=O)c2cnccn2)CC1. The molecule has 2 amide bonds. The molecule has 4 atom stereocenters. The van der Waals surface area contributed by atoms with Crippen LogP contribution in [0.3, 0.4) is 0 Å². The fraction of sp³-hybridized carbons (Fsp3) is 0.529. The molecule has 0 aliphatic heterocycles. The maximum absolute atomic E-state index is 12.5. The van der Waals surface area contributed by atoms with Gasteiger partial charge in [-0.1, -0.05) is 0 Å². The summed E-state index contributed by atoms with van der Waals surface area (Å²) in [5.41, 5.74) is 5.70. The fourth-order valence-corrected chi connectivity index (χ4v) is 2.79. The number of aliphatic hydroxyl groups is 1. The van der Waals surface area contributed by atoms with Gasteiger partial charge in [-0.25, -0.2) is 4.98 Å². The van der Waals surface area contributed by atoms with Crippen molar-refractivity contribution in [3.63, 3.8) is 0 Å². The second kappa shape index (κ2) is 9.35. The molecule has 2 rings (SSSR count). The van der Waals surface area contributed by atoms with Crippen molar-refractivity contribution >= 4 is 17.6 Å². The topological polar surface area (TPSA) is 147 Å². The first-order valence-electron chi connectivity index (χ1n) is 8.53. The summed E-state index contributed by atoms with van der Waals surface area (Å²) in [5.74, 6) is -1.34. The number of nitrogens with zero attached hydrogens (tertiary/aromatic N) is 2. The Morgan fingerprint density at radius 2 is 2.12 bits per heavy atom. The number of carbonyl (C=O) groups is 3. The minimum atomic E-state index is -0.961. The molecule has 1 aliphatic carbocycles. The minimum absolute atomic E-state index is 0.167. The van der Waals surface area contributed by atoms with E-state index in [4.69, 9.17) is 5.73 Å². The first kappa shape index (κ1) is 19.9. The van der Waals surface area contributed by atoms with Gasteiger partial charge in [0.1, 0.15) is 11.7 Å². The first-order valence-corrected chi connectivity index (χ1v) is 8.53. The maximum Gasteiger partial charge on any atom is 0.271 e. The van der Waals surface area contributed by atoms with Crippen LogP contribution in [0.25, 0.3) is 0 Å². The number of hydrogen-bond donors (Lipinski definition) is 4. The van der Waals surface area contributed by atoms with Gasteiger partial charge < -0.3 is 21.5 Å². The highest BCUT2D eigenvalue weighted by Gasteiger charge is 2.32. The molecule has 5 N–H and O–H groups in total. The van der Waals surface area contributed by atoms with E-state index in [0.29, 0.717) is 19.3 Å². The summed E-state index contributed by atoms with van der Waals surface area (Å²) in [6, 6.07) is -1.88. The lowest BCUT2D eigenvalue weighted by molar-refractivity contribution is -0.131. The standard InChI is InChI=1S/C17H24N5O4/c1-10(18)16(25)22-14(9-23)15(24)11-2-4-12(5-3-11)21-17(26)13-8-19-6-7-20-13/h4,6-8,10-12,14,23H,2-3,5,9,18H2,1H3,(H,21,26)(H,22,25)/t10-,11?,12?,14-/m0/s1.